The van der Waals surface area contributed by atoms with Crippen LogP contribution in [-0.4, -0.2) is 25.0 Å². The molecule has 0 bridgehead atoms. The lowest BCUT2D eigenvalue weighted by Crippen LogP contribution is -2.36. The van der Waals surface area contributed by atoms with Gasteiger partial charge in [0.15, 0.2) is 0 Å². The summed E-state index contributed by atoms with van der Waals surface area (Å²) in [5.41, 5.74) is 0.504. The fourth-order valence-electron chi connectivity index (χ4n) is 1.73. The molecule has 6 heteroatoms. The normalized spacial score (nSPS) is 18.6. The molecule has 1 amide bonds. The van der Waals surface area contributed by atoms with Gasteiger partial charge in [-0.15, -0.1) is 12.4 Å². The van der Waals surface area contributed by atoms with Gasteiger partial charge in [-0.2, -0.15) is 0 Å². The summed E-state index contributed by atoms with van der Waals surface area (Å²) in [6.45, 7) is 1.77. The predicted molar refractivity (Wildman–Crippen MR) is 72.5 cm³/mol. The van der Waals surface area contributed by atoms with Crippen LogP contribution in [0.15, 0.2) is 18.2 Å². The molecule has 0 saturated carbocycles. The van der Waals surface area contributed by atoms with Crippen molar-refractivity contribution in [2.45, 2.75) is 12.5 Å². The minimum Gasteiger partial charge on any atom is -0.348 e. The van der Waals surface area contributed by atoms with Crippen molar-refractivity contribution in [3.05, 3.63) is 33.8 Å². The zero-order valence-corrected chi connectivity index (χ0v) is 11.3. The first kappa shape index (κ1) is 14.6. The summed E-state index contributed by atoms with van der Waals surface area (Å²) < 4.78 is 0. The van der Waals surface area contributed by atoms with Crippen LogP contribution in [0.4, 0.5) is 0 Å². The van der Waals surface area contributed by atoms with Gasteiger partial charge in [-0.25, -0.2) is 0 Å². The Balaban J connectivity index is 0.00000144. The molecular weight excluding hydrogens is 282 g/mol. The van der Waals surface area contributed by atoms with E-state index in [1.165, 1.54) is 0 Å². The molecule has 94 valence electrons. The number of halogens is 3. The minimum absolute atomic E-state index is 0. The van der Waals surface area contributed by atoms with Crippen LogP contribution in [0.5, 0.6) is 0 Å². The molecule has 1 atom stereocenters. The molecule has 2 rings (SSSR count). The van der Waals surface area contributed by atoms with Crippen molar-refractivity contribution < 1.29 is 4.79 Å². The van der Waals surface area contributed by atoms with Crippen LogP contribution >= 0.6 is 35.6 Å². The summed E-state index contributed by atoms with van der Waals surface area (Å²) >= 11 is 11.7. The topological polar surface area (TPSA) is 41.1 Å². The second-order valence-corrected chi connectivity index (χ2v) is 4.69. The van der Waals surface area contributed by atoms with Crippen molar-refractivity contribution in [3.63, 3.8) is 0 Å². The van der Waals surface area contributed by atoms with Crippen molar-refractivity contribution >= 4 is 41.5 Å². The molecule has 0 aliphatic carbocycles. The van der Waals surface area contributed by atoms with Crippen molar-refractivity contribution in [2.75, 3.05) is 13.1 Å². The number of carbonyl (C=O) groups is 1. The summed E-state index contributed by atoms with van der Waals surface area (Å²) in [6.07, 6.45) is 0.958. The lowest BCUT2D eigenvalue weighted by Gasteiger charge is -2.11. The molecule has 1 aromatic carbocycles. The maximum atomic E-state index is 11.8. The van der Waals surface area contributed by atoms with Crippen LogP contribution in [0.25, 0.3) is 0 Å². The van der Waals surface area contributed by atoms with Crippen molar-refractivity contribution in [3.8, 4) is 0 Å². The lowest BCUT2D eigenvalue weighted by molar-refractivity contribution is 0.0940. The van der Waals surface area contributed by atoms with Crippen LogP contribution in [0, 0.1) is 0 Å². The molecule has 3 nitrogen and oxygen atoms in total. The summed E-state index contributed by atoms with van der Waals surface area (Å²) in [7, 11) is 0. The van der Waals surface area contributed by atoms with Gasteiger partial charge in [-0.1, -0.05) is 23.2 Å². The number of nitrogens with one attached hydrogen (secondary N) is 2. The smallest absolute Gasteiger partial charge is 0.251 e. The van der Waals surface area contributed by atoms with E-state index in [9.17, 15) is 4.79 Å². The third kappa shape index (κ3) is 4.03. The molecule has 1 aliphatic heterocycles. The first-order valence-electron chi connectivity index (χ1n) is 5.13. The molecule has 0 aromatic heterocycles. The highest BCUT2D eigenvalue weighted by Gasteiger charge is 2.17. The van der Waals surface area contributed by atoms with Crippen LogP contribution in [0.2, 0.25) is 10.0 Å². The van der Waals surface area contributed by atoms with Crippen LogP contribution < -0.4 is 10.6 Å². The molecule has 1 aromatic rings. The molecule has 1 saturated heterocycles. The number of carbonyl (C=O) groups excluding carboxylic acids is 1. The number of hydrogen-bond acceptors (Lipinski definition) is 2. The number of hydrogen-bond donors (Lipinski definition) is 2. The lowest BCUT2D eigenvalue weighted by atomic mass is 10.2. The first-order valence-corrected chi connectivity index (χ1v) is 5.88. The third-order valence-electron chi connectivity index (χ3n) is 2.52. The zero-order valence-electron chi connectivity index (χ0n) is 9.00. The number of rotatable bonds is 2. The fourth-order valence-corrected chi connectivity index (χ4v) is 2.26. The number of amides is 1. The van der Waals surface area contributed by atoms with E-state index < -0.39 is 0 Å². The Kier molecular flexibility index (Phi) is 5.53. The third-order valence-corrected chi connectivity index (χ3v) is 2.96. The standard InChI is InChI=1S/C11H12Cl2N2O.ClH/c12-8-3-7(4-9(13)5-8)11(16)15-10-1-2-14-6-10;/h3-5,10,14H,1-2,6H2,(H,15,16);1H. The van der Waals surface area contributed by atoms with Gasteiger partial charge >= 0.3 is 0 Å². The monoisotopic (exact) mass is 294 g/mol. The largest absolute Gasteiger partial charge is 0.348 e. The van der Waals surface area contributed by atoms with E-state index in [2.05, 4.69) is 10.6 Å². The van der Waals surface area contributed by atoms with Crippen molar-refractivity contribution in [2.24, 2.45) is 0 Å². The second kappa shape index (κ2) is 6.45. The molecule has 1 fully saturated rings. The molecule has 2 N–H and O–H groups in total. The van der Waals surface area contributed by atoms with Crippen LogP contribution in [-0.2, 0) is 0 Å². The highest BCUT2D eigenvalue weighted by Crippen LogP contribution is 2.19. The average Bonchev–Trinajstić information content (AvgIpc) is 2.68. The van der Waals surface area contributed by atoms with E-state index in [1.54, 1.807) is 18.2 Å². The quantitative estimate of drug-likeness (QED) is 0.880. The van der Waals surface area contributed by atoms with Gasteiger partial charge < -0.3 is 10.6 Å². The van der Waals surface area contributed by atoms with E-state index in [1.807, 2.05) is 0 Å². The summed E-state index contributed by atoms with van der Waals surface area (Å²) in [5, 5.41) is 7.06. The second-order valence-electron chi connectivity index (χ2n) is 3.82. The highest BCUT2D eigenvalue weighted by atomic mass is 35.5. The number of benzene rings is 1. The highest BCUT2D eigenvalue weighted by molar-refractivity contribution is 6.35. The van der Waals surface area contributed by atoms with Crippen LogP contribution in [0.1, 0.15) is 16.8 Å². The molecule has 1 unspecified atom stereocenters. The Morgan fingerprint density at radius 2 is 1.94 bits per heavy atom. The zero-order chi connectivity index (χ0) is 11.5. The first-order chi connectivity index (χ1) is 7.65. The Bertz CT molecular complexity index is 385. The predicted octanol–water partition coefficient (Wildman–Crippen LogP) is 2.51. The van der Waals surface area contributed by atoms with Gasteiger partial charge in [0, 0.05) is 28.2 Å². The average molecular weight is 296 g/mol. The molecule has 0 spiro atoms. The molecular formula is C11H13Cl3N2O. The molecule has 0 radical (unpaired) electrons. The maximum absolute atomic E-state index is 11.8. The Morgan fingerprint density at radius 3 is 2.47 bits per heavy atom. The summed E-state index contributed by atoms with van der Waals surface area (Å²) in [5.74, 6) is -0.127. The summed E-state index contributed by atoms with van der Waals surface area (Å²) in [4.78, 5) is 11.8. The molecule has 1 aliphatic rings. The van der Waals surface area contributed by atoms with E-state index in [-0.39, 0.29) is 24.4 Å². The Labute approximate surface area is 116 Å². The van der Waals surface area contributed by atoms with Crippen LogP contribution in [0.3, 0.4) is 0 Å². The van der Waals surface area contributed by atoms with E-state index in [4.69, 9.17) is 23.2 Å². The van der Waals surface area contributed by atoms with Gasteiger partial charge in [-0.3, -0.25) is 4.79 Å². The van der Waals surface area contributed by atoms with Crippen molar-refractivity contribution in [1.82, 2.24) is 10.6 Å². The van der Waals surface area contributed by atoms with Gasteiger partial charge in [0.1, 0.15) is 0 Å². The molecule has 1 heterocycles. The Morgan fingerprint density at radius 1 is 1.29 bits per heavy atom. The Hall–Kier alpha value is -0.480. The SMILES string of the molecule is Cl.O=C(NC1CCNC1)c1cc(Cl)cc(Cl)c1. The van der Waals surface area contributed by atoms with Gasteiger partial charge in [-0.05, 0) is 31.2 Å². The van der Waals surface area contributed by atoms with E-state index in [0.717, 1.165) is 19.5 Å². The van der Waals surface area contributed by atoms with E-state index >= 15 is 0 Å². The fraction of sp³-hybridized carbons (Fsp3) is 0.364. The van der Waals surface area contributed by atoms with Gasteiger partial charge in [0.2, 0.25) is 0 Å². The molecule has 17 heavy (non-hydrogen) atoms. The van der Waals surface area contributed by atoms with E-state index in [0.29, 0.717) is 15.6 Å². The van der Waals surface area contributed by atoms with Gasteiger partial charge in [0.05, 0.1) is 0 Å². The maximum Gasteiger partial charge on any atom is 0.251 e. The minimum atomic E-state index is -0.127. The summed E-state index contributed by atoms with van der Waals surface area (Å²) in [6, 6.07) is 5.04. The van der Waals surface area contributed by atoms with Crippen molar-refractivity contribution in [1.29, 1.82) is 0 Å². The van der Waals surface area contributed by atoms with Gasteiger partial charge in [0.25, 0.3) is 5.91 Å².